The van der Waals surface area contributed by atoms with Gasteiger partial charge >= 0.3 is 6.18 Å². The van der Waals surface area contributed by atoms with Crippen molar-refractivity contribution in [3.8, 4) is 0 Å². The highest BCUT2D eigenvalue weighted by Gasteiger charge is 2.32. The number of sulfonamides is 1. The number of nitrogens with zero attached hydrogens (tertiary/aromatic N) is 2. The topological polar surface area (TPSA) is 86.8 Å². The van der Waals surface area contributed by atoms with Gasteiger partial charge in [0.05, 0.1) is 17.5 Å². The highest BCUT2D eigenvalue weighted by atomic mass is 32.2. The highest BCUT2D eigenvalue weighted by Crippen LogP contribution is 2.32. The Balaban J connectivity index is 2.21. The van der Waals surface area contributed by atoms with Crippen LogP contribution >= 0.6 is 0 Å². The van der Waals surface area contributed by atoms with E-state index in [4.69, 9.17) is 0 Å². The van der Waals surface area contributed by atoms with E-state index < -0.39 is 27.8 Å². The van der Waals surface area contributed by atoms with Gasteiger partial charge in [-0.15, -0.1) is 0 Å². The summed E-state index contributed by atoms with van der Waals surface area (Å²) in [4.78, 5) is 27.6. The number of aryl methyl sites for hydroxylation is 1. The molecule has 0 heterocycles. The third kappa shape index (κ3) is 9.04. The van der Waals surface area contributed by atoms with Crippen LogP contribution in [0.5, 0.6) is 0 Å². The summed E-state index contributed by atoms with van der Waals surface area (Å²) in [5, 5.41) is 2.88. The Morgan fingerprint density at radius 1 is 1.05 bits per heavy atom. The maximum atomic E-state index is 13.3. The quantitative estimate of drug-likeness (QED) is 0.404. The van der Waals surface area contributed by atoms with Crippen LogP contribution in [0, 0.1) is 6.92 Å². The number of carbonyl (C=O) groups excluding carboxylic acids is 2. The molecular formula is C27H36F3N3O4S. The van der Waals surface area contributed by atoms with E-state index in [2.05, 4.69) is 5.32 Å². The first-order valence-corrected chi connectivity index (χ1v) is 14.3. The van der Waals surface area contributed by atoms with Crippen molar-refractivity contribution >= 4 is 27.5 Å². The highest BCUT2D eigenvalue weighted by molar-refractivity contribution is 7.92. The number of amides is 2. The number of hydrogen-bond donors (Lipinski definition) is 1. The maximum absolute atomic E-state index is 13.3. The number of hydrogen-bond acceptors (Lipinski definition) is 4. The van der Waals surface area contributed by atoms with E-state index in [9.17, 15) is 31.2 Å². The minimum atomic E-state index is -4.63. The Morgan fingerprint density at radius 2 is 1.68 bits per heavy atom. The summed E-state index contributed by atoms with van der Waals surface area (Å²) in [6, 6.07) is 10.7. The summed E-state index contributed by atoms with van der Waals surface area (Å²) in [5.74, 6) is -0.670. The van der Waals surface area contributed by atoms with E-state index in [-0.39, 0.29) is 49.5 Å². The third-order valence-corrected chi connectivity index (χ3v) is 7.45. The van der Waals surface area contributed by atoms with Gasteiger partial charge in [-0.1, -0.05) is 42.8 Å². The van der Waals surface area contributed by atoms with Crippen molar-refractivity contribution in [2.24, 2.45) is 0 Å². The lowest BCUT2D eigenvalue weighted by molar-refractivity contribution is -0.140. The van der Waals surface area contributed by atoms with Gasteiger partial charge in [-0.3, -0.25) is 13.9 Å². The first-order chi connectivity index (χ1) is 17.6. The third-order valence-electron chi connectivity index (χ3n) is 6.26. The number of nitrogens with one attached hydrogen (secondary N) is 1. The monoisotopic (exact) mass is 555 g/mol. The number of alkyl halides is 3. The van der Waals surface area contributed by atoms with Crippen molar-refractivity contribution in [3.63, 3.8) is 0 Å². The second-order valence-electron chi connectivity index (χ2n) is 9.49. The lowest BCUT2D eigenvalue weighted by atomic mass is 10.1. The normalized spacial score (nSPS) is 13.5. The molecule has 210 valence electrons. The lowest BCUT2D eigenvalue weighted by Crippen LogP contribution is -2.49. The average Bonchev–Trinajstić information content (AvgIpc) is 2.84. The van der Waals surface area contributed by atoms with Crippen LogP contribution in [0.15, 0.2) is 48.5 Å². The van der Waals surface area contributed by atoms with Crippen molar-refractivity contribution in [2.75, 3.05) is 17.1 Å². The smallest absolute Gasteiger partial charge is 0.352 e. The van der Waals surface area contributed by atoms with Gasteiger partial charge in [0.2, 0.25) is 21.8 Å². The van der Waals surface area contributed by atoms with Gasteiger partial charge < -0.3 is 10.2 Å². The molecule has 0 saturated carbocycles. The number of anilines is 1. The van der Waals surface area contributed by atoms with Gasteiger partial charge in [0.25, 0.3) is 0 Å². The van der Waals surface area contributed by atoms with E-state index >= 15 is 0 Å². The average molecular weight is 556 g/mol. The molecule has 0 aromatic heterocycles. The molecule has 2 atom stereocenters. The van der Waals surface area contributed by atoms with Crippen LogP contribution in [0.1, 0.15) is 56.7 Å². The van der Waals surface area contributed by atoms with Crippen LogP contribution in [-0.2, 0) is 32.3 Å². The zero-order valence-corrected chi connectivity index (χ0v) is 23.2. The van der Waals surface area contributed by atoms with Gasteiger partial charge in [0, 0.05) is 25.6 Å². The molecule has 0 fully saturated rings. The molecular weight excluding hydrogens is 519 g/mol. The Hall–Kier alpha value is -3.08. The summed E-state index contributed by atoms with van der Waals surface area (Å²) < 4.78 is 65.2. The zero-order valence-electron chi connectivity index (χ0n) is 22.4. The molecule has 0 aliphatic heterocycles. The van der Waals surface area contributed by atoms with Crippen LogP contribution in [0.25, 0.3) is 0 Å². The molecule has 11 heteroatoms. The van der Waals surface area contributed by atoms with E-state index in [1.807, 2.05) is 45.0 Å². The van der Waals surface area contributed by atoms with Gasteiger partial charge in [-0.05, 0) is 57.4 Å². The Bertz CT molecular complexity index is 1200. The molecule has 2 rings (SSSR count). The van der Waals surface area contributed by atoms with Gasteiger partial charge in [-0.25, -0.2) is 8.42 Å². The molecule has 0 spiro atoms. The number of benzene rings is 2. The SMILES string of the molecule is CC[C@H](C)NC(=O)[C@H](C)N(Cc1ccc(C)cc1)C(=O)CCCN(c1cccc(C(F)(F)F)c1)S(C)(=O)=O. The van der Waals surface area contributed by atoms with Crippen molar-refractivity contribution in [2.45, 2.75) is 71.8 Å². The van der Waals surface area contributed by atoms with E-state index in [1.165, 1.54) is 11.0 Å². The first-order valence-electron chi connectivity index (χ1n) is 12.4. The second kappa shape index (κ2) is 13.1. The molecule has 1 N–H and O–H groups in total. The molecule has 0 aliphatic rings. The molecule has 2 aromatic carbocycles. The summed E-state index contributed by atoms with van der Waals surface area (Å²) in [5.41, 5.74) is 0.774. The molecule has 0 aliphatic carbocycles. The fourth-order valence-corrected chi connectivity index (χ4v) is 4.74. The second-order valence-corrected chi connectivity index (χ2v) is 11.4. The summed E-state index contributed by atoms with van der Waals surface area (Å²) >= 11 is 0. The first kappa shape index (κ1) is 31.1. The van der Waals surface area contributed by atoms with E-state index in [1.54, 1.807) is 6.92 Å². The summed E-state index contributed by atoms with van der Waals surface area (Å²) in [6.07, 6.45) is -3.05. The minimum absolute atomic E-state index is 0.0479. The molecule has 38 heavy (non-hydrogen) atoms. The van der Waals surface area contributed by atoms with Crippen LogP contribution < -0.4 is 9.62 Å². The largest absolute Gasteiger partial charge is 0.416 e. The predicted molar refractivity (Wildman–Crippen MR) is 142 cm³/mol. The Morgan fingerprint density at radius 3 is 2.24 bits per heavy atom. The van der Waals surface area contributed by atoms with Gasteiger partial charge in [-0.2, -0.15) is 13.2 Å². The van der Waals surface area contributed by atoms with Crippen LogP contribution in [-0.4, -0.2) is 50.0 Å². The Kier molecular flexibility index (Phi) is 10.8. The fraction of sp³-hybridized carbons (Fsp3) is 0.481. The lowest BCUT2D eigenvalue weighted by Gasteiger charge is -2.30. The summed E-state index contributed by atoms with van der Waals surface area (Å²) in [6.45, 7) is 7.35. The molecule has 0 bridgehead atoms. The molecule has 0 radical (unpaired) electrons. The number of carbonyl (C=O) groups is 2. The molecule has 0 saturated heterocycles. The van der Waals surface area contributed by atoms with Gasteiger partial charge in [0.1, 0.15) is 6.04 Å². The van der Waals surface area contributed by atoms with Crippen molar-refractivity contribution in [3.05, 3.63) is 65.2 Å². The van der Waals surface area contributed by atoms with Crippen LogP contribution in [0.2, 0.25) is 0 Å². The molecule has 2 aromatic rings. The number of rotatable bonds is 12. The maximum Gasteiger partial charge on any atom is 0.416 e. The van der Waals surface area contributed by atoms with Crippen molar-refractivity contribution < 1.29 is 31.2 Å². The van der Waals surface area contributed by atoms with Crippen molar-refractivity contribution in [1.82, 2.24) is 10.2 Å². The molecule has 0 unspecified atom stereocenters. The van der Waals surface area contributed by atoms with Crippen LogP contribution in [0.4, 0.5) is 18.9 Å². The van der Waals surface area contributed by atoms with E-state index in [0.29, 0.717) is 0 Å². The van der Waals surface area contributed by atoms with E-state index in [0.717, 1.165) is 46.3 Å². The predicted octanol–water partition coefficient (Wildman–Crippen LogP) is 4.89. The van der Waals surface area contributed by atoms with Crippen molar-refractivity contribution in [1.29, 1.82) is 0 Å². The fourth-order valence-electron chi connectivity index (χ4n) is 3.78. The summed E-state index contributed by atoms with van der Waals surface area (Å²) in [7, 11) is -3.92. The molecule has 2 amide bonds. The zero-order chi connectivity index (χ0) is 28.7. The van der Waals surface area contributed by atoms with Crippen LogP contribution in [0.3, 0.4) is 0 Å². The van der Waals surface area contributed by atoms with Gasteiger partial charge in [0.15, 0.2) is 0 Å². The standard InChI is InChI=1S/C27H36F3N3O4S/c1-6-20(3)31-26(35)21(4)32(18-22-14-12-19(2)13-15-22)25(34)11-8-16-33(38(5,36)37)24-10-7-9-23(17-24)27(28,29)30/h7,9-10,12-15,17,20-21H,6,8,11,16,18H2,1-5H3,(H,31,35)/t20-,21-/m0/s1. The minimum Gasteiger partial charge on any atom is -0.352 e. The molecule has 7 nitrogen and oxygen atoms in total. The Labute approximate surface area is 223 Å². The number of halogens is 3.